The van der Waals surface area contributed by atoms with Gasteiger partial charge >= 0.3 is 0 Å². The van der Waals surface area contributed by atoms with E-state index in [4.69, 9.17) is 33.7 Å². The number of halogens is 3. The van der Waals surface area contributed by atoms with Crippen LogP contribution >= 0.6 is 23.2 Å². The Kier molecular flexibility index (Phi) is 7.15. The molecule has 1 saturated heterocycles. The second-order valence-corrected chi connectivity index (χ2v) is 13.4. The van der Waals surface area contributed by atoms with Gasteiger partial charge in [-0.3, -0.25) is 9.59 Å². The number of hydrogen-bond donors (Lipinski definition) is 3. The van der Waals surface area contributed by atoms with Gasteiger partial charge in [0.25, 0.3) is 0 Å². The fraction of sp³-hybridized carbons (Fsp3) is 0.375. The normalized spacial score (nSPS) is 24.6. The topological polar surface area (TPSA) is 96.7 Å². The minimum atomic E-state index is -0.796. The zero-order chi connectivity index (χ0) is 30.0. The van der Waals surface area contributed by atoms with Crippen molar-refractivity contribution in [3.8, 4) is 5.75 Å². The van der Waals surface area contributed by atoms with E-state index in [0.29, 0.717) is 35.1 Å². The third-order valence-electron chi connectivity index (χ3n) is 8.72. The Balaban J connectivity index is 1.53. The smallest absolute Gasteiger partial charge is 0.248 e. The standard InChI is InChI=1S/C32H33Cl2FN4O3/c1-31(2,3)15-25-32(16-37-22-14-18(33)8-9-20(22)32)26(19-5-4-6-21(34)27(19)35)28(38-25)30(41)39-11-12-42-24-13-17(29(36)40)7-10-23(24)39/h4-10,13-14,25-26,28,37-38H,11-12,15-16H2,1-3H3,(H2,36,40)/t25-,26-,28+,32-/m1/s1. The fourth-order valence-corrected chi connectivity index (χ4v) is 7.38. The van der Waals surface area contributed by atoms with Crippen molar-refractivity contribution in [1.29, 1.82) is 0 Å². The van der Waals surface area contributed by atoms with Crippen molar-refractivity contribution in [2.75, 3.05) is 29.9 Å². The van der Waals surface area contributed by atoms with E-state index in [2.05, 4.69) is 31.4 Å². The van der Waals surface area contributed by atoms with Crippen molar-refractivity contribution in [3.05, 3.63) is 87.2 Å². The summed E-state index contributed by atoms with van der Waals surface area (Å²) in [5.41, 5.74) is 7.76. The van der Waals surface area contributed by atoms with Gasteiger partial charge in [0, 0.05) is 40.2 Å². The van der Waals surface area contributed by atoms with Gasteiger partial charge < -0.3 is 26.0 Å². The number of fused-ring (bicyclic) bond motifs is 3. The van der Waals surface area contributed by atoms with Crippen LogP contribution in [0.5, 0.6) is 5.75 Å². The molecule has 0 unspecified atom stereocenters. The molecule has 2 amide bonds. The number of ether oxygens (including phenoxy) is 1. The highest BCUT2D eigenvalue weighted by Crippen LogP contribution is 2.57. The molecule has 1 fully saturated rings. The number of nitrogens with one attached hydrogen (secondary N) is 2. The van der Waals surface area contributed by atoms with E-state index in [9.17, 15) is 9.59 Å². The van der Waals surface area contributed by atoms with Crippen LogP contribution < -0.4 is 26.0 Å². The fourth-order valence-electron chi connectivity index (χ4n) is 7.02. The molecule has 3 aliphatic rings. The van der Waals surface area contributed by atoms with Crippen molar-refractivity contribution >= 4 is 46.4 Å². The van der Waals surface area contributed by atoms with Gasteiger partial charge in [-0.1, -0.05) is 62.2 Å². The first-order valence-electron chi connectivity index (χ1n) is 14.0. The number of nitrogens with two attached hydrogens (primary N) is 1. The molecule has 3 aromatic carbocycles. The van der Waals surface area contributed by atoms with Gasteiger partial charge in [0.05, 0.1) is 23.3 Å². The van der Waals surface area contributed by atoms with Crippen LogP contribution in [0.4, 0.5) is 15.8 Å². The summed E-state index contributed by atoms with van der Waals surface area (Å²) in [6.07, 6.45) is 0.723. The minimum Gasteiger partial charge on any atom is -0.490 e. The monoisotopic (exact) mass is 610 g/mol. The number of nitrogens with zero attached hydrogens (tertiary/aromatic N) is 1. The molecule has 10 heteroatoms. The van der Waals surface area contributed by atoms with Gasteiger partial charge in [0.2, 0.25) is 11.8 Å². The maximum atomic E-state index is 16.0. The second kappa shape index (κ2) is 10.4. The molecule has 0 aliphatic carbocycles. The summed E-state index contributed by atoms with van der Waals surface area (Å²) < 4.78 is 21.9. The van der Waals surface area contributed by atoms with E-state index in [1.54, 1.807) is 35.2 Å². The van der Waals surface area contributed by atoms with Gasteiger partial charge in [0.15, 0.2) is 0 Å². The molecule has 6 rings (SSSR count). The first-order valence-corrected chi connectivity index (χ1v) is 14.8. The number of carbonyl (C=O) groups excluding carboxylic acids is 2. The summed E-state index contributed by atoms with van der Waals surface area (Å²) in [4.78, 5) is 28.2. The van der Waals surface area contributed by atoms with E-state index in [0.717, 1.165) is 17.7 Å². The minimum absolute atomic E-state index is 0.00565. The maximum Gasteiger partial charge on any atom is 0.248 e. The molecular weight excluding hydrogens is 578 g/mol. The van der Waals surface area contributed by atoms with Crippen LogP contribution in [0.1, 0.15) is 54.6 Å². The lowest BCUT2D eigenvalue weighted by Crippen LogP contribution is -2.50. The summed E-state index contributed by atoms with van der Waals surface area (Å²) in [6, 6.07) is 14.5. The Bertz CT molecular complexity index is 1590. The number of rotatable bonds is 4. The molecular formula is C32H33Cl2FN4O3. The molecule has 1 spiro atoms. The molecule has 220 valence electrons. The Morgan fingerprint density at radius 3 is 2.67 bits per heavy atom. The SMILES string of the molecule is CC(C)(C)C[C@H]1N[C@H](C(=O)N2CCOc3cc(C(N)=O)ccc32)[C@@H](c2cccc(Cl)c2F)[C@@]12CNc1cc(Cl)ccc12. The molecule has 0 bridgehead atoms. The largest absolute Gasteiger partial charge is 0.490 e. The van der Waals surface area contributed by atoms with E-state index >= 15 is 4.39 Å². The van der Waals surface area contributed by atoms with Crippen LogP contribution in [0, 0.1) is 11.2 Å². The summed E-state index contributed by atoms with van der Waals surface area (Å²) >= 11 is 12.7. The van der Waals surface area contributed by atoms with Crippen molar-refractivity contribution in [1.82, 2.24) is 5.32 Å². The van der Waals surface area contributed by atoms with Crippen molar-refractivity contribution < 1.29 is 18.7 Å². The van der Waals surface area contributed by atoms with Crippen molar-refractivity contribution in [3.63, 3.8) is 0 Å². The third-order valence-corrected chi connectivity index (χ3v) is 9.24. The van der Waals surface area contributed by atoms with Crippen LogP contribution in [-0.4, -0.2) is 43.6 Å². The number of amides is 2. The average molecular weight is 612 g/mol. The molecule has 0 aromatic heterocycles. The second-order valence-electron chi connectivity index (χ2n) is 12.6. The van der Waals surface area contributed by atoms with Gasteiger partial charge in [-0.2, -0.15) is 0 Å². The summed E-state index contributed by atoms with van der Waals surface area (Å²) in [7, 11) is 0. The number of carbonyl (C=O) groups is 2. The van der Waals surface area contributed by atoms with E-state index < -0.39 is 29.1 Å². The number of hydrogen-bond acceptors (Lipinski definition) is 5. The first kappa shape index (κ1) is 28.8. The van der Waals surface area contributed by atoms with Gasteiger partial charge in [-0.05, 0) is 59.4 Å². The Morgan fingerprint density at radius 1 is 1.14 bits per heavy atom. The number of benzene rings is 3. The Morgan fingerprint density at radius 2 is 1.93 bits per heavy atom. The summed E-state index contributed by atoms with van der Waals surface area (Å²) in [6.45, 7) is 7.50. The molecule has 3 aliphatic heterocycles. The van der Waals surface area contributed by atoms with Crippen molar-refractivity contribution in [2.45, 2.75) is 50.6 Å². The van der Waals surface area contributed by atoms with Gasteiger partial charge in [-0.15, -0.1) is 0 Å². The number of primary amides is 1. The van der Waals surface area contributed by atoms with Crippen LogP contribution in [0.25, 0.3) is 0 Å². The molecule has 7 nitrogen and oxygen atoms in total. The quantitative estimate of drug-likeness (QED) is 0.343. The first-order chi connectivity index (χ1) is 19.9. The van der Waals surface area contributed by atoms with Crippen LogP contribution in [0.15, 0.2) is 54.6 Å². The van der Waals surface area contributed by atoms with Gasteiger partial charge in [-0.25, -0.2) is 4.39 Å². The summed E-state index contributed by atoms with van der Waals surface area (Å²) in [5, 5.41) is 7.82. The molecule has 0 radical (unpaired) electrons. The van der Waals surface area contributed by atoms with Crippen molar-refractivity contribution in [2.24, 2.45) is 11.1 Å². The van der Waals surface area contributed by atoms with E-state index in [-0.39, 0.29) is 34.6 Å². The number of anilines is 2. The van der Waals surface area contributed by atoms with E-state index in [1.165, 1.54) is 6.07 Å². The Hall–Kier alpha value is -3.33. The lowest BCUT2D eigenvalue weighted by molar-refractivity contribution is -0.121. The third kappa shape index (κ3) is 4.70. The van der Waals surface area contributed by atoms with E-state index in [1.807, 2.05) is 18.2 Å². The molecule has 4 N–H and O–H groups in total. The van der Waals surface area contributed by atoms with Crippen LogP contribution in [0.3, 0.4) is 0 Å². The van der Waals surface area contributed by atoms with Gasteiger partial charge in [0.1, 0.15) is 18.2 Å². The molecule has 0 saturated carbocycles. The van der Waals surface area contributed by atoms with Crippen LogP contribution in [0.2, 0.25) is 10.0 Å². The zero-order valence-electron chi connectivity index (χ0n) is 23.6. The molecule has 3 aromatic rings. The maximum absolute atomic E-state index is 16.0. The molecule has 42 heavy (non-hydrogen) atoms. The highest BCUT2D eigenvalue weighted by molar-refractivity contribution is 6.31. The van der Waals surface area contributed by atoms with Crippen LogP contribution in [-0.2, 0) is 10.2 Å². The Labute approximate surface area is 254 Å². The highest BCUT2D eigenvalue weighted by Gasteiger charge is 2.62. The summed E-state index contributed by atoms with van der Waals surface area (Å²) in [5.74, 6) is -1.54. The molecule has 3 heterocycles. The predicted molar refractivity (Wildman–Crippen MR) is 163 cm³/mol. The lowest BCUT2D eigenvalue weighted by atomic mass is 9.63. The predicted octanol–water partition coefficient (Wildman–Crippen LogP) is 5.88. The highest BCUT2D eigenvalue weighted by atomic mass is 35.5. The zero-order valence-corrected chi connectivity index (χ0v) is 25.2. The average Bonchev–Trinajstić information content (AvgIpc) is 3.46. The molecule has 4 atom stereocenters. The lowest BCUT2D eigenvalue weighted by Gasteiger charge is -2.40.